The third-order valence-corrected chi connectivity index (χ3v) is 7.55. The summed E-state index contributed by atoms with van der Waals surface area (Å²) < 4.78 is 28.7. The standard InChI is InChI=1S/C33H24O3S/c1-36-30-18-14-26-20-24(22-8-4-2-5-9-22)12-16-28(26)32(30)33-29-17-13-25(23-10-6-3-7-11-23)21-27(29)15-19-31(33)37(34)35/h2-21H,1H3,(H,34,35). The van der Waals surface area contributed by atoms with E-state index in [0.717, 1.165) is 49.4 Å². The number of benzene rings is 6. The van der Waals surface area contributed by atoms with E-state index in [1.54, 1.807) is 13.2 Å². The third-order valence-electron chi connectivity index (χ3n) is 6.84. The van der Waals surface area contributed by atoms with Crippen LogP contribution in [0.25, 0.3) is 54.9 Å². The molecule has 0 heterocycles. The summed E-state index contributed by atoms with van der Waals surface area (Å²) in [5, 5.41) is 3.89. The molecule has 3 nitrogen and oxygen atoms in total. The number of rotatable bonds is 5. The van der Waals surface area contributed by atoms with Crippen molar-refractivity contribution < 1.29 is 13.5 Å². The molecule has 0 aliphatic rings. The molecular weight excluding hydrogens is 476 g/mol. The van der Waals surface area contributed by atoms with E-state index in [0.29, 0.717) is 16.2 Å². The maximum atomic E-state index is 12.6. The van der Waals surface area contributed by atoms with Crippen molar-refractivity contribution in [3.05, 3.63) is 121 Å². The van der Waals surface area contributed by atoms with Crippen LogP contribution in [-0.2, 0) is 11.1 Å². The van der Waals surface area contributed by atoms with Crippen LogP contribution in [0.3, 0.4) is 0 Å². The molecule has 37 heavy (non-hydrogen) atoms. The highest BCUT2D eigenvalue weighted by Crippen LogP contribution is 2.44. The van der Waals surface area contributed by atoms with Gasteiger partial charge in [0.15, 0.2) is 11.1 Å². The zero-order valence-electron chi connectivity index (χ0n) is 20.2. The highest BCUT2D eigenvalue weighted by atomic mass is 32.2. The van der Waals surface area contributed by atoms with Gasteiger partial charge in [-0.3, -0.25) is 0 Å². The molecule has 6 rings (SSSR count). The van der Waals surface area contributed by atoms with Crippen LogP contribution in [0.15, 0.2) is 126 Å². The van der Waals surface area contributed by atoms with Crippen molar-refractivity contribution in [3.63, 3.8) is 0 Å². The first-order valence-corrected chi connectivity index (χ1v) is 13.1. The van der Waals surface area contributed by atoms with Gasteiger partial charge in [0.2, 0.25) is 0 Å². The highest BCUT2D eigenvalue weighted by molar-refractivity contribution is 7.79. The largest absolute Gasteiger partial charge is 0.496 e. The first-order chi connectivity index (χ1) is 18.1. The normalized spacial score (nSPS) is 12.1. The smallest absolute Gasteiger partial charge is 0.187 e. The van der Waals surface area contributed by atoms with Crippen LogP contribution >= 0.6 is 0 Å². The Bertz CT molecular complexity index is 1780. The Hall–Kier alpha value is -4.25. The van der Waals surface area contributed by atoms with Crippen molar-refractivity contribution in [2.75, 3.05) is 7.11 Å². The molecule has 0 saturated heterocycles. The Balaban J connectivity index is 1.63. The minimum Gasteiger partial charge on any atom is -0.496 e. The van der Waals surface area contributed by atoms with Gasteiger partial charge in [-0.25, -0.2) is 4.21 Å². The molecular formula is C33H24O3S. The van der Waals surface area contributed by atoms with Crippen molar-refractivity contribution in [1.29, 1.82) is 0 Å². The summed E-state index contributed by atoms with van der Waals surface area (Å²) in [6.07, 6.45) is 0. The van der Waals surface area contributed by atoms with Crippen LogP contribution in [0.4, 0.5) is 0 Å². The quantitative estimate of drug-likeness (QED) is 0.241. The molecule has 0 amide bonds. The zero-order valence-corrected chi connectivity index (χ0v) is 21.0. The monoisotopic (exact) mass is 500 g/mol. The van der Waals surface area contributed by atoms with Gasteiger partial charge >= 0.3 is 0 Å². The van der Waals surface area contributed by atoms with Crippen molar-refractivity contribution in [3.8, 4) is 39.1 Å². The molecule has 0 fully saturated rings. The molecule has 0 aliphatic carbocycles. The van der Waals surface area contributed by atoms with E-state index in [1.165, 1.54) is 0 Å². The first-order valence-electron chi connectivity index (χ1n) is 12.0. The molecule has 0 spiro atoms. The van der Waals surface area contributed by atoms with Crippen LogP contribution in [0.5, 0.6) is 5.75 Å². The summed E-state index contributed by atoms with van der Waals surface area (Å²) in [7, 11) is 1.64. The zero-order chi connectivity index (χ0) is 25.4. The first kappa shape index (κ1) is 23.2. The Morgan fingerprint density at radius 3 is 1.59 bits per heavy atom. The summed E-state index contributed by atoms with van der Waals surface area (Å²) in [5.74, 6) is 0.659. The molecule has 0 bridgehead atoms. The van der Waals surface area contributed by atoms with Gasteiger partial charge in [0, 0.05) is 11.1 Å². The summed E-state index contributed by atoms with van der Waals surface area (Å²) in [5.41, 5.74) is 5.99. The van der Waals surface area contributed by atoms with Gasteiger partial charge < -0.3 is 9.29 Å². The lowest BCUT2D eigenvalue weighted by Gasteiger charge is -2.18. The fourth-order valence-corrected chi connectivity index (χ4v) is 5.64. The Morgan fingerprint density at radius 2 is 1.08 bits per heavy atom. The van der Waals surface area contributed by atoms with Crippen LogP contribution in [0.1, 0.15) is 0 Å². The van der Waals surface area contributed by atoms with Gasteiger partial charge in [0.1, 0.15) is 5.75 Å². The summed E-state index contributed by atoms with van der Waals surface area (Å²) >= 11 is -2.18. The number of fused-ring (bicyclic) bond motifs is 2. The molecule has 6 aromatic rings. The second-order valence-electron chi connectivity index (χ2n) is 8.93. The number of hydrogen-bond donors (Lipinski definition) is 1. The Kier molecular flexibility index (Phi) is 6.05. The van der Waals surface area contributed by atoms with Crippen molar-refractivity contribution in [1.82, 2.24) is 0 Å². The predicted octanol–water partition coefficient (Wildman–Crippen LogP) is 8.58. The summed E-state index contributed by atoms with van der Waals surface area (Å²) in [6.45, 7) is 0. The average molecular weight is 501 g/mol. The van der Waals surface area contributed by atoms with Crippen molar-refractivity contribution in [2.45, 2.75) is 4.90 Å². The second kappa shape index (κ2) is 9.66. The van der Waals surface area contributed by atoms with E-state index < -0.39 is 11.1 Å². The lowest BCUT2D eigenvalue weighted by molar-refractivity contribution is 0.417. The Morgan fingerprint density at radius 1 is 0.568 bits per heavy atom. The molecule has 1 N–H and O–H groups in total. The van der Waals surface area contributed by atoms with Crippen molar-refractivity contribution >= 4 is 32.6 Å². The van der Waals surface area contributed by atoms with Crippen molar-refractivity contribution in [2.24, 2.45) is 0 Å². The minimum absolute atomic E-state index is 0.359. The SMILES string of the molecule is COc1ccc2cc(-c3ccccc3)ccc2c1-c1c(S(=O)O)ccc2cc(-c3ccccc3)ccc12. The van der Waals surface area contributed by atoms with Crippen LogP contribution < -0.4 is 4.74 Å². The average Bonchev–Trinajstić information content (AvgIpc) is 2.96. The van der Waals surface area contributed by atoms with Gasteiger partial charge in [-0.05, 0) is 68.1 Å². The van der Waals surface area contributed by atoms with Gasteiger partial charge in [-0.1, -0.05) is 97.1 Å². The maximum absolute atomic E-state index is 12.6. The molecule has 0 aliphatic heterocycles. The lowest BCUT2D eigenvalue weighted by atomic mass is 9.90. The molecule has 1 atom stereocenters. The van der Waals surface area contributed by atoms with Crippen LogP contribution in [0, 0.1) is 0 Å². The highest BCUT2D eigenvalue weighted by Gasteiger charge is 2.20. The number of ether oxygens (including phenoxy) is 1. The molecule has 0 saturated carbocycles. The van der Waals surface area contributed by atoms with Gasteiger partial charge in [-0.15, -0.1) is 0 Å². The van der Waals surface area contributed by atoms with E-state index in [4.69, 9.17) is 4.74 Å². The Labute approximate surface area is 218 Å². The summed E-state index contributed by atoms with van der Waals surface area (Å²) in [4.78, 5) is 0.359. The number of hydrogen-bond acceptors (Lipinski definition) is 2. The van der Waals surface area contributed by atoms with Gasteiger partial charge in [-0.2, -0.15) is 0 Å². The lowest BCUT2D eigenvalue weighted by Crippen LogP contribution is -1.98. The topological polar surface area (TPSA) is 46.5 Å². The summed E-state index contributed by atoms with van der Waals surface area (Å²) in [6, 6.07) is 40.7. The van der Waals surface area contributed by atoms with E-state index in [9.17, 15) is 8.76 Å². The van der Waals surface area contributed by atoms with Gasteiger partial charge in [0.05, 0.1) is 12.0 Å². The van der Waals surface area contributed by atoms with Crippen LogP contribution in [-0.4, -0.2) is 15.9 Å². The molecule has 0 aromatic heterocycles. The predicted molar refractivity (Wildman–Crippen MR) is 153 cm³/mol. The fourth-order valence-electron chi connectivity index (χ4n) is 5.07. The van der Waals surface area contributed by atoms with E-state index in [2.05, 4.69) is 54.6 Å². The second-order valence-corrected chi connectivity index (χ2v) is 9.87. The molecule has 6 aromatic carbocycles. The van der Waals surface area contributed by atoms with E-state index in [1.807, 2.05) is 60.7 Å². The fraction of sp³-hybridized carbons (Fsp3) is 0.0303. The van der Waals surface area contributed by atoms with Crippen LogP contribution in [0.2, 0.25) is 0 Å². The third kappa shape index (κ3) is 4.20. The molecule has 1 unspecified atom stereocenters. The molecule has 180 valence electrons. The molecule has 4 heteroatoms. The van der Waals surface area contributed by atoms with E-state index in [-0.39, 0.29) is 0 Å². The molecule has 0 radical (unpaired) electrons. The number of methoxy groups -OCH3 is 1. The van der Waals surface area contributed by atoms with Gasteiger partial charge in [0.25, 0.3) is 0 Å². The van der Waals surface area contributed by atoms with E-state index >= 15 is 0 Å². The maximum Gasteiger partial charge on any atom is 0.187 e. The minimum atomic E-state index is -2.18.